The quantitative estimate of drug-likeness (QED) is 0.431. The second-order valence-electron chi connectivity index (χ2n) is 3.97. The average molecular weight is 166 g/mol. The van der Waals surface area contributed by atoms with E-state index in [0.717, 1.165) is 5.92 Å². The first-order valence-electron chi connectivity index (χ1n) is 5.60. The summed E-state index contributed by atoms with van der Waals surface area (Å²) in [4.78, 5) is 0. The van der Waals surface area contributed by atoms with Crippen LogP contribution in [0.15, 0.2) is 12.2 Å². The van der Waals surface area contributed by atoms with E-state index in [2.05, 4.69) is 19.1 Å². The molecule has 12 heavy (non-hydrogen) atoms. The molecule has 0 bridgehead atoms. The minimum atomic E-state index is 0.926. The van der Waals surface area contributed by atoms with Crippen LogP contribution >= 0.6 is 0 Å². The van der Waals surface area contributed by atoms with Crippen LogP contribution in [0, 0.1) is 5.92 Å². The van der Waals surface area contributed by atoms with Crippen molar-refractivity contribution >= 4 is 0 Å². The van der Waals surface area contributed by atoms with Gasteiger partial charge in [-0.15, -0.1) is 0 Å². The van der Waals surface area contributed by atoms with Crippen LogP contribution in [0.2, 0.25) is 0 Å². The summed E-state index contributed by atoms with van der Waals surface area (Å²) in [7, 11) is 0. The summed E-state index contributed by atoms with van der Waals surface area (Å²) in [5.41, 5.74) is 0. The standard InChI is InChI=1S/C12H22/c1-2-3-4-6-9-12-10-7-5-8-11-12/h6,9,12H,2-5,7-8,10-11H2,1H3/b9-6+. The van der Waals surface area contributed by atoms with Crippen molar-refractivity contribution in [2.45, 2.75) is 58.3 Å². The Morgan fingerprint density at radius 1 is 1.17 bits per heavy atom. The largest absolute Gasteiger partial charge is 0.0883 e. The van der Waals surface area contributed by atoms with Gasteiger partial charge in [0.1, 0.15) is 0 Å². The molecule has 0 atom stereocenters. The van der Waals surface area contributed by atoms with E-state index in [4.69, 9.17) is 0 Å². The van der Waals surface area contributed by atoms with E-state index in [1.54, 1.807) is 0 Å². The van der Waals surface area contributed by atoms with Crippen molar-refractivity contribution in [1.29, 1.82) is 0 Å². The van der Waals surface area contributed by atoms with Crippen molar-refractivity contribution in [3.8, 4) is 0 Å². The van der Waals surface area contributed by atoms with E-state index in [0.29, 0.717) is 0 Å². The molecule has 1 aliphatic carbocycles. The molecule has 0 nitrogen and oxygen atoms in total. The molecule has 0 aromatic heterocycles. The van der Waals surface area contributed by atoms with Crippen LogP contribution in [-0.4, -0.2) is 0 Å². The van der Waals surface area contributed by atoms with Gasteiger partial charge in [-0.3, -0.25) is 0 Å². The lowest BCUT2D eigenvalue weighted by Crippen LogP contribution is -2.02. The van der Waals surface area contributed by atoms with Gasteiger partial charge in [-0.2, -0.15) is 0 Å². The molecule has 0 saturated heterocycles. The number of rotatable bonds is 4. The van der Waals surface area contributed by atoms with Gasteiger partial charge < -0.3 is 0 Å². The Morgan fingerprint density at radius 2 is 1.92 bits per heavy atom. The molecule has 0 heteroatoms. The van der Waals surface area contributed by atoms with E-state index < -0.39 is 0 Å². The molecule has 70 valence electrons. The summed E-state index contributed by atoms with van der Waals surface area (Å²) >= 11 is 0. The maximum atomic E-state index is 2.47. The molecule has 0 aromatic carbocycles. The third-order valence-corrected chi connectivity index (χ3v) is 2.78. The van der Waals surface area contributed by atoms with Crippen LogP contribution in [0.25, 0.3) is 0 Å². The summed E-state index contributed by atoms with van der Waals surface area (Å²) < 4.78 is 0. The van der Waals surface area contributed by atoms with Crippen LogP contribution in [0.4, 0.5) is 0 Å². The Balaban J connectivity index is 2.07. The summed E-state index contributed by atoms with van der Waals surface area (Å²) in [5, 5.41) is 0. The molecule has 0 N–H and O–H groups in total. The van der Waals surface area contributed by atoms with Crippen molar-refractivity contribution in [3.63, 3.8) is 0 Å². The smallest absolute Gasteiger partial charge is 0.0234 e. The molecular weight excluding hydrogens is 144 g/mol. The summed E-state index contributed by atoms with van der Waals surface area (Å²) in [6.07, 6.45) is 16.1. The summed E-state index contributed by atoms with van der Waals surface area (Å²) in [5.74, 6) is 0.926. The van der Waals surface area contributed by atoms with Gasteiger partial charge in [0.2, 0.25) is 0 Å². The third kappa shape index (κ3) is 3.94. The summed E-state index contributed by atoms with van der Waals surface area (Å²) in [6.45, 7) is 2.26. The third-order valence-electron chi connectivity index (χ3n) is 2.78. The van der Waals surface area contributed by atoms with Gasteiger partial charge >= 0.3 is 0 Å². The van der Waals surface area contributed by atoms with E-state index >= 15 is 0 Å². The Labute approximate surface area is 77.1 Å². The molecular formula is C12H22. The molecule has 0 radical (unpaired) electrons. The minimum Gasteiger partial charge on any atom is -0.0883 e. The van der Waals surface area contributed by atoms with Crippen LogP contribution in [0.3, 0.4) is 0 Å². The molecule has 0 aliphatic heterocycles. The normalized spacial score (nSPS) is 20.4. The Hall–Kier alpha value is -0.260. The first kappa shape index (κ1) is 9.83. The minimum absolute atomic E-state index is 0.926. The van der Waals surface area contributed by atoms with Gasteiger partial charge in [-0.25, -0.2) is 0 Å². The summed E-state index contributed by atoms with van der Waals surface area (Å²) in [6, 6.07) is 0. The molecule has 1 rings (SSSR count). The lowest BCUT2D eigenvalue weighted by atomic mass is 9.89. The molecule has 0 aromatic rings. The first-order chi connectivity index (χ1) is 5.93. The predicted octanol–water partition coefficient (Wildman–Crippen LogP) is 4.31. The van der Waals surface area contributed by atoms with E-state index in [1.165, 1.54) is 51.4 Å². The van der Waals surface area contributed by atoms with E-state index in [-0.39, 0.29) is 0 Å². The molecule has 0 unspecified atom stereocenters. The van der Waals surface area contributed by atoms with Gasteiger partial charge in [0.05, 0.1) is 0 Å². The Morgan fingerprint density at radius 3 is 2.58 bits per heavy atom. The molecule has 0 spiro atoms. The SMILES string of the molecule is CCCC/C=C/C1CCCCC1. The zero-order chi connectivity index (χ0) is 8.65. The van der Waals surface area contributed by atoms with Gasteiger partial charge in [-0.05, 0) is 25.2 Å². The van der Waals surface area contributed by atoms with Crippen molar-refractivity contribution in [2.24, 2.45) is 5.92 Å². The van der Waals surface area contributed by atoms with Crippen LogP contribution in [0.5, 0.6) is 0 Å². The van der Waals surface area contributed by atoms with E-state index in [9.17, 15) is 0 Å². The maximum Gasteiger partial charge on any atom is -0.0234 e. The number of hydrogen-bond acceptors (Lipinski definition) is 0. The fourth-order valence-electron chi connectivity index (χ4n) is 1.94. The topological polar surface area (TPSA) is 0 Å². The van der Waals surface area contributed by atoms with Crippen LogP contribution in [0.1, 0.15) is 58.3 Å². The second-order valence-corrected chi connectivity index (χ2v) is 3.97. The maximum absolute atomic E-state index is 2.47. The van der Waals surface area contributed by atoms with Crippen molar-refractivity contribution in [3.05, 3.63) is 12.2 Å². The molecule has 1 saturated carbocycles. The lowest BCUT2D eigenvalue weighted by Gasteiger charge is -2.17. The van der Waals surface area contributed by atoms with Gasteiger partial charge in [0, 0.05) is 0 Å². The van der Waals surface area contributed by atoms with Crippen molar-refractivity contribution in [2.75, 3.05) is 0 Å². The monoisotopic (exact) mass is 166 g/mol. The van der Waals surface area contributed by atoms with Crippen molar-refractivity contribution < 1.29 is 0 Å². The van der Waals surface area contributed by atoms with Gasteiger partial charge in [0.25, 0.3) is 0 Å². The number of unbranched alkanes of at least 4 members (excludes halogenated alkanes) is 2. The lowest BCUT2D eigenvalue weighted by molar-refractivity contribution is 0.418. The zero-order valence-corrected chi connectivity index (χ0v) is 8.39. The predicted molar refractivity (Wildman–Crippen MR) is 55.2 cm³/mol. The fraction of sp³-hybridized carbons (Fsp3) is 0.833. The fourth-order valence-corrected chi connectivity index (χ4v) is 1.94. The molecule has 1 fully saturated rings. The van der Waals surface area contributed by atoms with Crippen LogP contribution < -0.4 is 0 Å². The highest BCUT2D eigenvalue weighted by atomic mass is 14.1. The van der Waals surface area contributed by atoms with Crippen molar-refractivity contribution in [1.82, 2.24) is 0 Å². The number of allylic oxidation sites excluding steroid dienone is 2. The first-order valence-corrected chi connectivity index (χ1v) is 5.60. The molecule has 0 heterocycles. The molecule has 1 aliphatic rings. The highest BCUT2D eigenvalue weighted by molar-refractivity contribution is 4.89. The Kier molecular flexibility index (Phi) is 5.14. The van der Waals surface area contributed by atoms with Crippen LogP contribution in [-0.2, 0) is 0 Å². The highest BCUT2D eigenvalue weighted by Gasteiger charge is 2.08. The second kappa shape index (κ2) is 6.28. The average Bonchev–Trinajstić information content (AvgIpc) is 2.14. The van der Waals surface area contributed by atoms with E-state index in [1.807, 2.05) is 0 Å². The van der Waals surface area contributed by atoms with Gasteiger partial charge in [-0.1, -0.05) is 51.2 Å². The molecule has 0 amide bonds. The zero-order valence-electron chi connectivity index (χ0n) is 8.39. The van der Waals surface area contributed by atoms with Gasteiger partial charge in [0.15, 0.2) is 0 Å². The number of hydrogen-bond donors (Lipinski definition) is 0. The highest BCUT2D eigenvalue weighted by Crippen LogP contribution is 2.24. The Bertz CT molecular complexity index is 118.